The minimum atomic E-state index is 0.0962. The maximum atomic E-state index is 4.53. The molecule has 182 valence electrons. The molecule has 4 nitrogen and oxygen atoms in total. The van der Waals surface area contributed by atoms with E-state index in [1.807, 2.05) is 24.4 Å². The molecule has 0 saturated carbocycles. The van der Waals surface area contributed by atoms with Crippen LogP contribution in [0.5, 0.6) is 0 Å². The van der Waals surface area contributed by atoms with Gasteiger partial charge in [0.25, 0.3) is 0 Å². The molecule has 0 amide bonds. The molecule has 1 aromatic carbocycles. The number of aromatic amines is 2. The molecule has 2 aromatic heterocycles. The Kier molecular flexibility index (Phi) is 10.9. The zero-order valence-electron chi connectivity index (χ0n) is 23.4. The minimum Gasteiger partial charge on any atom is -0.348 e. The van der Waals surface area contributed by atoms with Gasteiger partial charge in [0.2, 0.25) is 0 Å². The first-order chi connectivity index (χ1) is 14.2. The van der Waals surface area contributed by atoms with Crippen LogP contribution in [0, 0.1) is 10.8 Å². The molecular weight excluding hydrogens is 392 g/mol. The van der Waals surface area contributed by atoms with Gasteiger partial charge in [0.15, 0.2) is 0 Å². The molecule has 2 N–H and O–H groups in total. The second kappa shape index (κ2) is 11.7. The lowest BCUT2D eigenvalue weighted by Crippen LogP contribution is -2.12. The Bertz CT molecular complexity index is 818. The topological polar surface area (TPSA) is 57.4 Å². The molecule has 3 rings (SSSR count). The van der Waals surface area contributed by atoms with Crippen LogP contribution in [0.15, 0.2) is 36.7 Å². The third-order valence-electron chi connectivity index (χ3n) is 3.31. The average molecular weight is 443 g/mol. The Morgan fingerprint density at radius 2 is 1.06 bits per heavy atom. The molecule has 0 spiro atoms. The van der Waals surface area contributed by atoms with E-state index < -0.39 is 0 Å². The molecule has 0 saturated heterocycles. The van der Waals surface area contributed by atoms with Gasteiger partial charge in [-0.25, -0.2) is 9.97 Å². The van der Waals surface area contributed by atoms with Gasteiger partial charge >= 0.3 is 0 Å². The Hall–Kier alpha value is -2.10. The lowest BCUT2D eigenvalue weighted by Gasteiger charge is -2.13. The summed E-state index contributed by atoms with van der Waals surface area (Å²) in [6.07, 6.45) is 3.63. The summed E-state index contributed by atoms with van der Waals surface area (Å²) < 4.78 is 0. The normalized spacial score (nSPS) is 12.1. The van der Waals surface area contributed by atoms with Crippen molar-refractivity contribution in [2.45, 2.75) is 108 Å². The van der Waals surface area contributed by atoms with Crippen LogP contribution in [-0.4, -0.2) is 19.9 Å². The molecule has 0 bridgehead atoms. The van der Waals surface area contributed by atoms with E-state index in [-0.39, 0.29) is 10.8 Å². The number of imidazole rings is 2. The van der Waals surface area contributed by atoms with Crippen molar-refractivity contribution in [1.29, 1.82) is 0 Å². The number of para-hydroxylation sites is 2. The molecule has 2 heterocycles. The SMILES string of the molecule is CC(C)(C)C.CC(C)(C)C.CC(C)(C)c1nc2ccccc2[nH]1.CC(C)(C)c1ncc[nH]1. The van der Waals surface area contributed by atoms with Gasteiger partial charge < -0.3 is 9.97 Å². The largest absolute Gasteiger partial charge is 0.348 e. The van der Waals surface area contributed by atoms with Crippen molar-refractivity contribution in [2.75, 3.05) is 0 Å². The second-order valence-electron chi connectivity index (χ2n) is 13.5. The summed E-state index contributed by atoms with van der Waals surface area (Å²) >= 11 is 0. The van der Waals surface area contributed by atoms with E-state index in [0.29, 0.717) is 10.8 Å². The highest BCUT2D eigenvalue weighted by Gasteiger charge is 2.17. The Morgan fingerprint density at radius 3 is 1.38 bits per heavy atom. The van der Waals surface area contributed by atoms with Crippen LogP contribution in [0.4, 0.5) is 0 Å². The Labute approximate surface area is 198 Å². The Balaban J connectivity index is 0.000000442. The molecule has 4 heteroatoms. The molecule has 0 atom stereocenters. The van der Waals surface area contributed by atoms with Crippen molar-refractivity contribution >= 4 is 11.0 Å². The van der Waals surface area contributed by atoms with E-state index in [0.717, 1.165) is 22.7 Å². The number of nitrogens with zero attached hydrogens (tertiary/aromatic N) is 2. The van der Waals surface area contributed by atoms with Crippen molar-refractivity contribution in [3.8, 4) is 0 Å². The summed E-state index contributed by atoms with van der Waals surface area (Å²) in [6, 6.07) is 8.11. The fraction of sp³-hybridized carbons (Fsp3) is 0.643. The monoisotopic (exact) mass is 442 g/mol. The molecule has 0 fully saturated rings. The summed E-state index contributed by atoms with van der Waals surface area (Å²) in [7, 11) is 0. The lowest BCUT2D eigenvalue weighted by molar-refractivity contribution is 0.469. The third kappa shape index (κ3) is 15.7. The highest BCUT2D eigenvalue weighted by molar-refractivity contribution is 5.74. The van der Waals surface area contributed by atoms with Crippen LogP contribution >= 0.6 is 0 Å². The van der Waals surface area contributed by atoms with Gasteiger partial charge in [-0.05, 0) is 23.0 Å². The first kappa shape index (κ1) is 29.9. The minimum absolute atomic E-state index is 0.0962. The van der Waals surface area contributed by atoms with Crippen molar-refractivity contribution < 1.29 is 0 Å². The Morgan fingerprint density at radius 1 is 0.625 bits per heavy atom. The number of aromatic nitrogens is 4. The summed E-state index contributed by atoms with van der Waals surface area (Å²) in [5.74, 6) is 2.09. The zero-order valence-corrected chi connectivity index (χ0v) is 23.4. The summed E-state index contributed by atoms with van der Waals surface area (Å²) in [4.78, 5) is 15.1. The number of nitrogens with one attached hydrogen (secondary N) is 2. The van der Waals surface area contributed by atoms with Gasteiger partial charge in [0, 0.05) is 23.2 Å². The molecule has 0 aliphatic heterocycles. The van der Waals surface area contributed by atoms with Crippen LogP contribution in [0.25, 0.3) is 11.0 Å². The van der Waals surface area contributed by atoms with Gasteiger partial charge in [-0.2, -0.15) is 0 Å². The molecule has 32 heavy (non-hydrogen) atoms. The standard InChI is InChI=1S/C11H14N2.C7H12N2.2C5H12/c1-11(2,3)10-12-8-6-4-5-7-9(8)13-10;1-7(2,3)6-8-4-5-9-6;2*1-5(2,3)4/h4-7H,1-3H3,(H,12,13);4-5H,1-3H3,(H,8,9);2*1-4H3. The second-order valence-corrected chi connectivity index (χ2v) is 13.5. The van der Waals surface area contributed by atoms with Crippen molar-refractivity contribution in [2.24, 2.45) is 10.8 Å². The van der Waals surface area contributed by atoms with Gasteiger partial charge in [0.05, 0.1) is 11.0 Å². The van der Waals surface area contributed by atoms with Crippen LogP contribution in [-0.2, 0) is 10.8 Å². The number of rotatable bonds is 0. The molecule has 0 aliphatic carbocycles. The van der Waals surface area contributed by atoms with Gasteiger partial charge in [0.1, 0.15) is 11.6 Å². The van der Waals surface area contributed by atoms with Crippen LogP contribution in [0.3, 0.4) is 0 Å². The van der Waals surface area contributed by atoms with Gasteiger partial charge in [-0.3, -0.25) is 0 Å². The van der Waals surface area contributed by atoms with E-state index in [1.54, 1.807) is 6.20 Å². The number of H-pyrrole nitrogens is 2. The number of hydrogen-bond acceptors (Lipinski definition) is 2. The average Bonchev–Trinajstić information content (AvgIpc) is 3.21. The van der Waals surface area contributed by atoms with Crippen LogP contribution in [0.2, 0.25) is 0 Å². The molecule has 0 unspecified atom stereocenters. The zero-order chi connectivity index (χ0) is 25.4. The van der Waals surface area contributed by atoms with Crippen LogP contribution < -0.4 is 0 Å². The predicted octanol–water partition coefficient (Wildman–Crippen LogP) is 8.67. The van der Waals surface area contributed by atoms with Gasteiger partial charge in [-0.15, -0.1) is 0 Å². The fourth-order valence-electron chi connectivity index (χ4n) is 1.98. The van der Waals surface area contributed by atoms with Crippen LogP contribution in [0.1, 0.15) is 109 Å². The lowest BCUT2D eigenvalue weighted by atomic mass is 9.96. The maximum Gasteiger partial charge on any atom is 0.112 e. The van der Waals surface area contributed by atoms with E-state index in [4.69, 9.17) is 0 Å². The summed E-state index contributed by atoms with van der Waals surface area (Å²) in [5, 5.41) is 0. The summed E-state index contributed by atoms with van der Waals surface area (Å²) in [6.45, 7) is 30.4. The molecular formula is C28H50N4. The van der Waals surface area contributed by atoms with E-state index >= 15 is 0 Å². The summed E-state index contributed by atoms with van der Waals surface area (Å²) in [5.41, 5.74) is 3.42. The first-order valence-corrected chi connectivity index (χ1v) is 11.6. The number of hydrogen-bond donors (Lipinski definition) is 2. The molecule has 3 aromatic rings. The van der Waals surface area contributed by atoms with Crippen molar-refractivity contribution in [3.05, 3.63) is 48.3 Å². The first-order valence-electron chi connectivity index (χ1n) is 11.6. The van der Waals surface area contributed by atoms with E-state index in [2.05, 4.69) is 123 Å². The smallest absolute Gasteiger partial charge is 0.112 e. The third-order valence-corrected chi connectivity index (χ3v) is 3.31. The highest BCUT2D eigenvalue weighted by atomic mass is 14.9. The van der Waals surface area contributed by atoms with E-state index in [1.165, 1.54) is 0 Å². The van der Waals surface area contributed by atoms with E-state index in [9.17, 15) is 0 Å². The fourth-order valence-corrected chi connectivity index (χ4v) is 1.98. The number of benzene rings is 1. The molecule has 0 radical (unpaired) electrons. The molecule has 0 aliphatic rings. The highest BCUT2D eigenvalue weighted by Crippen LogP contribution is 2.21. The predicted molar refractivity (Wildman–Crippen MR) is 142 cm³/mol. The maximum absolute atomic E-state index is 4.53. The van der Waals surface area contributed by atoms with Crippen molar-refractivity contribution in [3.63, 3.8) is 0 Å². The number of fused-ring (bicyclic) bond motifs is 1. The quantitative estimate of drug-likeness (QED) is 0.366. The van der Waals surface area contributed by atoms with Crippen molar-refractivity contribution in [1.82, 2.24) is 19.9 Å². The van der Waals surface area contributed by atoms with Gasteiger partial charge in [-0.1, -0.05) is 109 Å².